The molecular formula is C25H26N2O3. The Hall–Kier alpha value is -3.60. The predicted molar refractivity (Wildman–Crippen MR) is 120 cm³/mol. The van der Waals surface area contributed by atoms with E-state index in [-0.39, 0.29) is 5.78 Å². The highest BCUT2D eigenvalue weighted by atomic mass is 16.6. The number of hydrogen-bond donors (Lipinski definition) is 1. The highest BCUT2D eigenvalue weighted by Crippen LogP contribution is 2.23. The summed E-state index contributed by atoms with van der Waals surface area (Å²) in [6.45, 7) is 4.23. The summed E-state index contributed by atoms with van der Waals surface area (Å²) in [6, 6.07) is 21.9. The van der Waals surface area contributed by atoms with Crippen LogP contribution >= 0.6 is 0 Å². The van der Waals surface area contributed by atoms with Crippen LogP contribution in [-0.4, -0.2) is 11.9 Å². The number of nitrogens with two attached hydrogens (primary N) is 1. The molecule has 0 heterocycles. The summed E-state index contributed by atoms with van der Waals surface area (Å²) in [4.78, 5) is 26.5. The molecule has 0 aromatic heterocycles. The first-order valence-electron chi connectivity index (χ1n) is 10.1. The normalized spacial score (nSPS) is 10.5. The van der Waals surface area contributed by atoms with Crippen molar-refractivity contribution < 1.29 is 14.3 Å². The number of Topliss-reactive ketones (excluding diaryl/α,β-unsaturated/α-hetero) is 1. The summed E-state index contributed by atoms with van der Waals surface area (Å²) in [5, 5.41) is 0. The molecule has 1 amide bonds. The fourth-order valence-electron chi connectivity index (χ4n) is 3.08. The molecule has 0 spiro atoms. The van der Waals surface area contributed by atoms with E-state index in [1.54, 1.807) is 41.3 Å². The van der Waals surface area contributed by atoms with Crippen molar-refractivity contribution in [3.63, 3.8) is 0 Å². The van der Waals surface area contributed by atoms with Crippen molar-refractivity contribution in [1.82, 2.24) is 0 Å². The number of benzene rings is 3. The lowest BCUT2D eigenvalue weighted by molar-refractivity contribution is 0.0988. The lowest BCUT2D eigenvalue weighted by Crippen LogP contribution is -2.33. The van der Waals surface area contributed by atoms with Gasteiger partial charge in [-0.05, 0) is 53.9 Å². The third kappa shape index (κ3) is 5.26. The molecule has 3 aromatic carbocycles. The van der Waals surface area contributed by atoms with E-state index in [1.165, 1.54) is 0 Å². The lowest BCUT2D eigenvalue weighted by atomic mass is 10.1. The maximum atomic E-state index is 13.0. The second kappa shape index (κ2) is 9.74. The molecule has 0 radical (unpaired) electrons. The summed E-state index contributed by atoms with van der Waals surface area (Å²) in [7, 11) is 0. The molecule has 2 N–H and O–H groups in total. The fraction of sp³-hybridized carbons (Fsp3) is 0.200. The molecular weight excluding hydrogens is 376 g/mol. The van der Waals surface area contributed by atoms with E-state index >= 15 is 0 Å². The highest BCUT2D eigenvalue weighted by molar-refractivity contribution is 5.96. The molecule has 0 aliphatic rings. The molecule has 0 saturated carbocycles. The van der Waals surface area contributed by atoms with Crippen LogP contribution in [-0.2, 0) is 13.0 Å². The average molecular weight is 402 g/mol. The van der Waals surface area contributed by atoms with Crippen LogP contribution in [0.2, 0.25) is 0 Å². The number of carbonyl (C=O) groups is 2. The zero-order chi connectivity index (χ0) is 21.5. The average Bonchev–Trinajstić information content (AvgIpc) is 2.78. The summed E-state index contributed by atoms with van der Waals surface area (Å²) >= 11 is 0. The summed E-state index contributed by atoms with van der Waals surface area (Å²) in [5.74, 6) is 0.520. The van der Waals surface area contributed by atoms with Crippen molar-refractivity contribution in [2.24, 2.45) is 0 Å². The molecule has 30 heavy (non-hydrogen) atoms. The van der Waals surface area contributed by atoms with Crippen molar-refractivity contribution in [2.75, 3.05) is 10.6 Å². The Morgan fingerprint density at radius 2 is 1.60 bits per heavy atom. The molecule has 0 atom stereocenters. The standard InChI is InChI=1S/C25H26N2O3/c1-3-18-6-5-7-22(16-18)27(25(29)30-23-14-12-21(26)13-15-23)17-19-8-10-20(11-9-19)24(28)4-2/h5-16H,3-4,17,26H2,1-2H3. The van der Waals surface area contributed by atoms with Crippen LogP contribution in [0, 0.1) is 0 Å². The topological polar surface area (TPSA) is 72.6 Å². The Morgan fingerprint density at radius 1 is 0.900 bits per heavy atom. The monoisotopic (exact) mass is 402 g/mol. The van der Waals surface area contributed by atoms with Gasteiger partial charge in [-0.3, -0.25) is 9.69 Å². The third-order valence-electron chi connectivity index (χ3n) is 4.87. The number of carbonyl (C=O) groups excluding carboxylic acids is 2. The van der Waals surface area contributed by atoms with E-state index in [4.69, 9.17) is 10.5 Å². The summed E-state index contributed by atoms with van der Waals surface area (Å²) < 4.78 is 5.59. The SMILES string of the molecule is CCC(=O)c1ccc(CN(C(=O)Oc2ccc(N)cc2)c2cccc(CC)c2)cc1. The van der Waals surface area contributed by atoms with Crippen molar-refractivity contribution in [2.45, 2.75) is 33.2 Å². The molecule has 5 nitrogen and oxygen atoms in total. The van der Waals surface area contributed by atoms with Gasteiger partial charge in [-0.15, -0.1) is 0 Å². The van der Waals surface area contributed by atoms with Gasteiger partial charge >= 0.3 is 6.09 Å². The number of anilines is 2. The zero-order valence-corrected chi connectivity index (χ0v) is 17.3. The fourth-order valence-corrected chi connectivity index (χ4v) is 3.08. The number of amides is 1. The van der Waals surface area contributed by atoms with Crippen LogP contribution in [0.4, 0.5) is 16.2 Å². The van der Waals surface area contributed by atoms with Crippen LogP contribution < -0.4 is 15.4 Å². The molecule has 0 fully saturated rings. The van der Waals surface area contributed by atoms with Crippen molar-refractivity contribution in [3.05, 3.63) is 89.5 Å². The van der Waals surface area contributed by atoms with Gasteiger partial charge in [0, 0.05) is 23.4 Å². The second-order valence-electron chi connectivity index (χ2n) is 7.02. The number of nitrogen functional groups attached to an aromatic ring is 1. The number of rotatable bonds is 7. The quantitative estimate of drug-likeness (QED) is 0.411. The molecule has 0 aliphatic heterocycles. The maximum Gasteiger partial charge on any atom is 0.420 e. The molecule has 154 valence electrons. The first kappa shape index (κ1) is 21.1. The minimum atomic E-state index is -0.485. The molecule has 0 aliphatic carbocycles. The lowest BCUT2D eigenvalue weighted by Gasteiger charge is -2.23. The molecule has 3 rings (SSSR count). The van der Waals surface area contributed by atoms with E-state index in [9.17, 15) is 9.59 Å². The van der Waals surface area contributed by atoms with Crippen LogP contribution in [0.3, 0.4) is 0 Å². The van der Waals surface area contributed by atoms with Crippen molar-refractivity contribution in [3.8, 4) is 5.75 Å². The second-order valence-corrected chi connectivity index (χ2v) is 7.02. The van der Waals surface area contributed by atoms with E-state index in [0.717, 1.165) is 23.2 Å². The van der Waals surface area contributed by atoms with Gasteiger partial charge in [-0.25, -0.2) is 4.79 Å². The van der Waals surface area contributed by atoms with Crippen LogP contribution in [0.1, 0.15) is 41.8 Å². The Kier molecular flexibility index (Phi) is 6.86. The summed E-state index contributed by atoms with van der Waals surface area (Å²) in [6.07, 6.45) is 0.841. The Balaban J connectivity index is 1.87. The Morgan fingerprint density at radius 3 is 2.23 bits per heavy atom. The van der Waals surface area contributed by atoms with E-state index in [1.807, 2.05) is 43.3 Å². The highest BCUT2D eigenvalue weighted by Gasteiger charge is 2.19. The molecule has 0 bridgehead atoms. The van der Waals surface area contributed by atoms with Crippen LogP contribution in [0.5, 0.6) is 5.75 Å². The molecule has 5 heteroatoms. The van der Waals surface area contributed by atoms with Gasteiger partial charge in [0.1, 0.15) is 5.75 Å². The largest absolute Gasteiger partial charge is 0.420 e. The van der Waals surface area contributed by atoms with Crippen molar-refractivity contribution in [1.29, 1.82) is 0 Å². The van der Waals surface area contributed by atoms with E-state index in [0.29, 0.717) is 30.0 Å². The Labute approximate surface area is 177 Å². The zero-order valence-electron chi connectivity index (χ0n) is 17.3. The third-order valence-corrected chi connectivity index (χ3v) is 4.87. The smallest absolute Gasteiger partial charge is 0.410 e. The van der Waals surface area contributed by atoms with Gasteiger partial charge in [0.05, 0.1) is 6.54 Å². The van der Waals surface area contributed by atoms with E-state index in [2.05, 4.69) is 6.92 Å². The first-order valence-corrected chi connectivity index (χ1v) is 10.1. The van der Waals surface area contributed by atoms with Gasteiger partial charge in [-0.2, -0.15) is 0 Å². The molecule has 3 aromatic rings. The van der Waals surface area contributed by atoms with Gasteiger partial charge in [-0.1, -0.05) is 50.2 Å². The van der Waals surface area contributed by atoms with Crippen LogP contribution in [0.25, 0.3) is 0 Å². The molecule has 0 saturated heterocycles. The van der Waals surface area contributed by atoms with Crippen LogP contribution in [0.15, 0.2) is 72.8 Å². The first-order chi connectivity index (χ1) is 14.5. The minimum absolute atomic E-state index is 0.0943. The minimum Gasteiger partial charge on any atom is -0.410 e. The number of aryl methyl sites for hydroxylation is 1. The number of nitrogens with zero attached hydrogens (tertiary/aromatic N) is 1. The van der Waals surface area contributed by atoms with Gasteiger partial charge < -0.3 is 10.5 Å². The molecule has 0 unspecified atom stereocenters. The van der Waals surface area contributed by atoms with Gasteiger partial charge in [0.2, 0.25) is 0 Å². The maximum absolute atomic E-state index is 13.0. The van der Waals surface area contributed by atoms with Crippen molar-refractivity contribution >= 4 is 23.3 Å². The van der Waals surface area contributed by atoms with Gasteiger partial charge in [0.15, 0.2) is 5.78 Å². The van der Waals surface area contributed by atoms with E-state index < -0.39 is 6.09 Å². The number of ether oxygens (including phenoxy) is 1. The number of hydrogen-bond acceptors (Lipinski definition) is 4. The predicted octanol–water partition coefficient (Wildman–Crippen LogP) is 5.63. The van der Waals surface area contributed by atoms with Gasteiger partial charge in [0.25, 0.3) is 0 Å². The summed E-state index contributed by atoms with van der Waals surface area (Å²) in [5.41, 5.74) is 9.76. The number of ketones is 1. The Bertz CT molecular complexity index is 1010.